The van der Waals surface area contributed by atoms with Gasteiger partial charge >= 0.3 is 6.09 Å². The molecule has 0 aliphatic heterocycles. The van der Waals surface area contributed by atoms with Crippen LogP contribution in [0.15, 0.2) is 36.0 Å². The monoisotopic (exact) mass is 346 g/mol. The summed E-state index contributed by atoms with van der Waals surface area (Å²) >= 11 is 0. The van der Waals surface area contributed by atoms with Crippen LogP contribution in [-0.2, 0) is 9.53 Å². The average Bonchev–Trinajstić information content (AvgIpc) is 2.51. The van der Waals surface area contributed by atoms with Crippen molar-refractivity contribution in [2.24, 2.45) is 0 Å². The van der Waals surface area contributed by atoms with Gasteiger partial charge in [-0.2, -0.15) is 5.26 Å². The molecule has 8 nitrogen and oxygen atoms in total. The maximum absolute atomic E-state index is 12.0. The molecular weight excluding hydrogens is 324 g/mol. The van der Waals surface area contributed by atoms with Gasteiger partial charge in [-0.15, -0.1) is 0 Å². The highest BCUT2D eigenvalue weighted by Gasteiger charge is 2.15. The zero-order valence-electron chi connectivity index (χ0n) is 14.4. The molecule has 4 N–H and O–H groups in total. The highest BCUT2D eigenvalue weighted by atomic mass is 16.6. The smallest absolute Gasteiger partial charge is 0.407 e. The lowest BCUT2D eigenvalue weighted by Gasteiger charge is -2.19. The van der Waals surface area contributed by atoms with Crippen LogP contribution >= 0.6 is 0 Å². The zero-order valence-corrected chi connectivity index (χ0v) is 14.4. The van der Waals surface area contributed by atoms with Gasteiger partial charge in [0.25, 0.3) is 5.91 Å². The standard InChI is InChI=1S/C17H22N4O4/c1-17(2,3)25-16(24)20-9-8-19-11-12(10-18)15(23)21-13-4-6-14(22)7-5-13/h4-7,11,19,22H,8-9H2,1-3H3,(H,20,24)(H,21,23)/b12-11-. The molecule has 0 fully saturated rings. The molecule has 0 radical (unpaired) electrons. The number of phenols is 1. The van der Waals surface area contributed by atoms with Gasteiger partial charge in [0.15, 0.2) is 0 Å². The van der Waals surface area contributed by atoms with Crippen LogP contribution in [0.5, 0.6) is 5.75 Å². The van der Waals surface area contributed by atoms with Gasteiger partial charge in [0.05, 0.1) is 0 Å². The Balaban J connectivity index is 2.41. The van der Waals surface area contributed by atoms with E-state index in [1.54, 1.807) is 26.8 Å². The summed E-state index contributed by atoms with van der Waals surface area (Å²) in [6.45, 7) is 5.87. The lowest BCUT2D eigenvalue weighted by Crippen LogP contribution is -2.35. The molecule has 1 rings (SSSR count). The fraction of sp³-hybridized carbons (Fsp3) is 0.353. The minimum atomic E-state index is -0.583. The van der Waals surface area contributed by atoms with E-state index in [1.807, 2.05) is 0 Å². The summed E-state index contributed by atoms with van der Waals surface area (Å²) in [4.78, 5) is 23.4. The molecule has 0 aromatic heterocycles. The lowest BCUT2D eigenvalue weighted by atomic mass is 10.2. The summed E-state index contributed by atoms with van der Waals surface area (Å²) in [5.41, 5.74) is -0.238. The number of anilines is 1. The van der Waals surface area contributed by atoms with E-state index >= 15 is 0 Å². The molecule has 0 unspecified atom stereocenters. The average molecular weight is 346 g/mol. The van der Waals surface area contributed by atoms with E-state index in [2.05, 4.69) is 16.0 Å². The van der Waals surface area contributed by atoms with Gasteiger partial charge < -0.3 is 25.8 Å². The molecular formula is C17H22N4O4. The summed E-state index contributed by atoms with van der Waals surface area (Å²) in [5, 5.41) is 26.1. The number of nitrogens with zero attached hydrogens (tertiary/aromatic N) is 1. The van der Waals surface area contributed by atoms with E-state index in [4.69, 9.17) is 10.00 Å². The third-order valence-electron chi connectivity index (χ3n) is 2.67. The summed E-state index contributed by atoms with van der Waals surface area (Å²) < 4.78 is 5.07. The van der Waals surface area contributed by atoms with Crippen LogP contribution in [0.3, 0.4) is 0 Å². The topological polar surface area (TPSA) is 123 Å². The lowest BCUT2D eigenvalue weighted by molar-refractivity contribution is -0.112. The molecule has 1 aromatic rings. The van der Waals surface area contributed by atoms with Crippen LogP contribution in [0.1, 0.15) is 20.8 Å². The van der Waals surface area contributed by atoms with Crippen molar-refractivity contribution in [3.05, 3.63) is 36.0 Å². The fourth-order valence-corrected chi connectivity index (χ4v) is 1.62. The maximum atomic E-state index is 12.0. The number of hydrogen-bond acceptors (Lipinski definition) is 6. The molecule has 2 amide bonds. The number of ether oxygens (including phenoxy) is 1. The van der Waals surface area contributed by atoms with Crippen molar-refractivity contribution >= 4 is 17.7 Å². The molecule has 0 aliphatic rings. The summed E-state index contributed by atoms with van der Waals surface area (Å²) in [5.74, 6) is -0.506. The number of benzene rings is 1. The first-order chi connectivity index (χ1) is 11.7. The van der Waals surface area contributed by atoms with Gasteiger partial charge in [-0.3, -0.25) is 4.79 Å². The fourth-order valence-electron chi connectivity index (χ4n) is 1.62. The van der Waals surface area contributed by atoms with Gasteiger partial charge in [-0.25, -0.2) is 4.79 Å². The maximum Gasteiger partial charge on any atom is 0.407 e. The molecule has 0 heterocycles. The highest BCUT2D eigenvalue weighted by Crippen LogP contribution is 2.14. The Kier molecular flexibility index (Phi) is 7.28. The van der Waals surface area contributed by atoms with Crippen LogP contribution < -0.4 is 16.0 Å². The Morgan fingerprint density at radius 1 is 1.24 bits per heavy atom. The van der Waals surface area contributed by atoms with Crippen molar-refractivity contribution in [2.75, 3.05) is 18.4 Å². The third kappa shape index (κ3) is 8.27. The van der Waals surface area contributed by atoms with Crippen molar-refractivity contribution in [3.8, 4) is 11.8 Å². The van der Waals surface area contributed by atoms with E-state index in [0.717, 1.165) is 0 Å². The zero-order chi connectivity index (χ0) is 18.9. The number of nitriles is 1. The molecule has 1 aromatic carbocycles. The van der Waals surface area contributed by atoms with Gasteiger partial charge in [0.2, 0.25) is 0 Å². The summed E-state index contributed by atoms with van der Waals surface area (Å²) in [6, 6.07) is 7.66. The highest BCUT2D eigenvalue weighted by molar-refractivity contribution is 6.06. The Morgan fingerprint density at radius 3 is 2.44 bits per heavy atom. The molecule has 0 bridgehead atoms. The second-order valence-electron chi connectivity index (χ2n) is 6.05. The van der Waals surface area contributed by atoms with Crippen LogP contribution in [0.25, 0.3) is 0 Å². The number of aromatic hydroxyl groups is 1. The van der Waals surface area contributed by atoms with E-state index in [0.29, 0.717) is 12.2 Å². The number of phenolic OH excluding ortho intramolecular Hbond substituents is 1. The number of alkyl carbamates (subject to hydrolysis) is 1. The minimum absolute atomic E-state index is 0.0770. The van der Waals surface area contributed by atoms with E-state index < -0.39 is 17.6 Å². The number of carbonyl (C=O) groups is 2. The molecule has 134 valence electrons. The largest absolute Gasteiger partial charge is 0.508 e. The van der Waals surface area contributed by atoms with Crippen molar-refractivity contribution in [1.82, 2.24) is 10.6 Å². The number of rotatable bonds is 6. The second kappa shape index (κ2) is 9.17. The Labute approximate surface area is 146 Å². The van der Waals surface area contributed by atoms with E-state index in [9.17, 15) is 14.7 Å². The first kappa shape index (κ1) is 19.8. The molecule has 0 aliphatic carbocycles. The first-order valence-corrected chi connectivity index (χ1v) is 7.62. The predicted molar refractivity (Wildman–Crippen MR) is 92.7 cm³/mol. The van der Waals surface area contributed by atoms with Crippen LogP contribution in [-0.4, -0.2) is 35.8 Å². The molecule has 25 heavy (non-hydrogen) atoms. The van der Waals surface area contributed by atoms with Crippen LogP contribution in [0, 0.1) is 11.3 Å². The first-order valence-electron chi connectivity index (χ1n) is 7.62. The van der Waals surface area contributed by atoms with Crippen LogP contribution in [0.4, 0.5) is 10.5 Å². The Hall–Kier alpha value is -3.21. The number of amides is 2. The Bertz CT molecular complexity index is 669. The third-order valence-corrected chi connectivity index (χ3v) is 2.67. The van der Waals surface area contributed by atoms with Gasteiger partial charge in [-0.1, -0.05) is 0 Å². The van der Waals surface area contributed by atoms with Crippen molar-refractivity contribution in [3.63, 3.8) is 0 Å². The number of carbonyl (C=O) groups excluding carboxylic acids is 2. The Morgan fingerprint density at radius 2 is 1.88 bits per heavy atom. The number of nitrogens with one attached hydrogen (secondary N) is 3. The normalized spacial score (nSPS) is 11.2. The quantitative estimate of drug-likeness (QED) is 0.270. The summed E-state index contributed by atoms with van der Waals surface area (Å²) in [6.07, 6.45) is 0.732. The van der Waals surface area contributed by atoms with Gasteiger partial charge in [-0.05, 0) is 45.0 Å². The molecule has 0 atom stereocenters. The van der Waals surface area contributed by atoms with Crippen LogP contribution in [0.2, 0.25) is 0 Å². The molecule has 0 saturated heterocycles. The summed E-state index contributed by atoms with van der Waals surface area (Å²) in [7, 11) is 0. The number of hydrogen-bond donors (Lipinski definition) is 4. The molecule has 8 heteroatoms. The predicted octanol–water partition coefficient (Wildman–Crippen LogP) is 1.85. The van der Waals surface area contributed by atoms with Gasteiger partial charge in [0, 0.05) is 25.0 Å². The van der Waals surface area contributed by atoms with Gasteiger partial charge in [0.1, 0.15) is 23.0 Å². The molecule has 0 spiro atoms. The minimum Gasteiger partial charge on any atom is -0.508 e. The van der Waals surface area contributed by atoms with Crippen molar-refractivity contribution in [2.45, 2.75) is 26.4 Å². The second-order valence-corrected chi connectivity index (χ2v) is 6.05. The van der Waals surface area contributed by atoms with Crippen molar-refractivity contribution < 1.29 is 19.4 Å². The van der Waals surface area contributed by atoms with Crippen molar-refractivity contribution in [1.29, 1.82) is 5.26 Å². The van der Waals surface area contributed by atoms with E-state index in [1.165, 1.54) is 30.5 Å². The SMILES string of the molecule is CC(C)(C)OC(=O)NCCN/C=C(/C#N)C(=O)Nc1ccc(O)cc1. The molecule has 0 saturated carbocycles. The van der Waals surface area contributed by atoms with E-state index in [-0.39, 0.29) is 17.9 Å².